The van der Waals surface area contributed by atoms with Gasteiger partial charge in [-0.05, 0) is 19.3 Å². The molecule has 1 amide bonds. The number of carbonyl (C=O) groups is 1. The van der Waals surface area contributed by atoms with E-state index in [1.807, 2.05) is 0 Å². The van der Waals surface area contributed by atoms with Gasteiger partial charge in [-0.2, -0.15) is 0 Å². The zero-order valence-corrected chi connectivity index (χ0v) is 7.14. The fraction of sp³-hybridized carbons (Fsp3) is 0.857. The lowest BCUT2D eigenvalue weighted by Gasteiger charge is -2.25. The molecule has 1 aliphatic rings. The van der Waals surface area contributed by atoms with Crippen LogP contribution in [-0.2, 0) is 4.74 Å². The van der Waals surface area contributed by atoms with Gasteiger partial charge in [-0.15, -0.1) is 0 Å². The number of alkyl halides is 1. The summed E-state index contributed by atoms with van der Waals surface area (Å²) in [7, 11) is 0. The van der Waals surface area contributed by atoms with Crippen LogP contribution in [0.1, 0.15) is 19.3 Å². The van der Waals surface area contributed by atoms with Gasteiger partial charge in [0.1, 0.15) is 0 Å². The Labute approximate surface area is 71.3 Å². The van der Waals surface area contributed by atoms with E-state index in [0.717, 1.165) is 25.9 Å². The quantitative estimate of drug-likeness (QED) is 0.572. The van der Waals surface area contributed by atoms with Crippen LogP contribution in [-0.4, -0.2) is 30.1 Å². The number of hydrogen-bond acceptors (Lipinski definition) is 2. The highest BCUT2D eigenvalue weighted by Gasteiger charge is 2.16. The molecule has 4 heteroatoms. The summed E-state index contributed by atoms with van der Waals surface area (Å²) in [6.45, 7) is 1.63. The second kappa shape index (κ2) is 4.44. The van der Waals surface area contributed by atoms with Crippen LogP contribution < -0.4 is 0 Å². The number of rotatable bonds is 1. The zero-order chi connectivity index (χ0) is 8.10. The monoisotopic (exact) mass is 177 g/mol. The molecule has 1 saturated heterocycles. The maximum absolute atomic E-state index is 11.0. The largest absolute Gasteiger partial charge is 0.433 e. The van der Waals surface area contributed by atoms with Gasteiger partial charge in [-0.3, -0.25) is 0 Å². The highest BCUT2D eigenvalue weighted by Crippen LogP contribution is 2.09. The van der Waals surface area contributed by atoms with E-state index in [1.165, 1.54) is 6.42 Å². The Kier molecular flexibility index (Phi) is 3.49. The minimum Gasteiger partial charge on any atom is -0.433 e. The first-order valence-corrected chi connectivity index (χ1v) is 4.35. The molecule has 64 valence electrons. The van der Waals surface area contributed by atoms with E-state index >= 15 is 0 Å². The average molecular weight is 178 g/mol. The predicted molar refractivity (Wildman–Crippen MR) is 42.6 cm³/mol. The lowest BCUT2D eigenvalue weighted by molar-refractivity contribution is 0.110. The van der Waals surface area contributed by atoms with E-state index in [2.05, 4.69) is 4.74 Å². The standard InChI is InChI=1S/C7H12ClNO2/c8-6-11-7(10)9-4-2-1-3-5-9/h1-6H2. The summed E-state index contributed by atoms with van der Waals surface area (Å²) in [6, 6.07) is -0.0463. The lowest BCUT2D eigenvalue weighted by Crippen LogP contribution is -2.35. The molecular formula is C7H12ClNO2. The topological polar surface area (TPSA) is 29.5 Å². The SMILES string of the molecule is O=C(OCCl)N1CCCCC1. The van der Waals surface area contributed by atoms with E-state index in [0.29, 0.717) is 0 Å². The predicted octanol–water partition coefficient (Wildman–Crippen LogP) is 1.81. The Hall–Kier alpha value is -0.440. The minimum atomic E-state index is -0.278. The number of piperidine rings is 1. The van der Waals surface area contributed by atoms with Crippen molar-refractivity contribution in [3.05, 3.63) is 0 Å². The van der Waals surface area contributed by atoms with Crippen LogP contribution in [0.15, 0.2) is 0 Å². The second-order valence-electron chi connectivity index (χ2n) is 2.57. The number of halogens is 1. The number of likely N-dealkylation sites (tertiary alicyclic amines) is 1. The summed E-state index contributed by atoms with van der Waals surface area (Å²) in [5, 5.41) is 0. The fourth-order valence-corrected chi connectivity index (χ4v) is 1.31. The third-order valence-corrected chi connectivity index (χ3v) is 1.90. The number of ether oxygens (including phenoxy) is 1. The Morgan fingerprint density at radius 3 is 2.55 bits per heavy atom. The van der Waals surface area contributed by atoms with Crippen molar-refractivity contribution in [1.82, 2.24) is 4.90 Å². The maximum Gasteiger partial charge on any atom is 0.410 e. The van der Waals surface area contributed by atoms with Crippen LogP contribution in [0, 0.1) is 0 Å². The molecular weight excluding hydrogens is 166 g/mol. The third-order valence-electron chi connectivity index (χ3n) is 1.79. The lowest BCUT2D eigenvalue weighted by atomic mass is 10.1. The number of amides is 1. The summed E-state index contributed by atoms with van der Waals surface area (Å²) in [5.74, 6) is 0. The summed E-state index contributed by atoms with van der Waals surface area (Å²) in [6.07, 6.45) is 3.10. The first-order valence-electron chi connectivity index (χ1n) is 3.82. The molecule has 0 radical (unpaired) electrons. The summed E-state index contributed by atoms with van der Waals surface area (Å²) in [4.78, 5) is 12.7. The van der Waals surface area contributed by atoms with Crippen molar-refractivity contribution in [1.29, 1.82) is 0 Å². The molecule has 0 aromatic heterocycles. The Balaban J connectivity index is 2.27. The molecule has 0 spiro atoms. The maximum atomic E-state index is 11.0. The minimum absolute atomic E-state index is 0.0463. The van der Waals surface area contributed by atoms with Gasteiger partial charge in [0.25, 0.3) is 0 Å². The van der Waals surface area contributed by atoms with E-state index < -0.39 is 0 Å². The van der Waals surface area contributed by atoms with E-state index in [4.69, 9.17) is 11.6 Å². The molecule has 0 saturated carbocycles. The molecule has 0 bridgehead atoms. The van der Waals surface area contributed by atoms with Gasteiger partial charge in [0.15, 0.2) is 6.07 Å². The molecule has 1 rings (SSSR count). The summed E-state index contributed by atoms with van der Waals surface area (Å²) >= 11 is 5.25. The Morgan fingerprint density at radius 1 is 1.36 bits per heavy atom. The van der Waals surface area contributed by atoms with Gasteiger partial charge < -0.3 is 9.64 Å². The van der Waals surface area contributed by atoms with Crippen LogP contribution in [0.3, 0.4) is 0 Å². The number of nitrogens with zero attached hydrogens (tertiary/aromatic N) is 1. The zero-order valence-electron chi connectivity index (χ0n) is 6.38. The first kappa shape index (κ1) is 8.65. The number of carbonyl (C=O) groups excluding carboxylic acids is 1. The van der Waals surface area contributed by atoms with Crippen LogP contribution in [0.2, 0.25) is 0 Å². The van der Waals surface area contributed by atoms with Gasteiger partial charge >= 0.3 is 6.09 Å². The van der Waals surface area contributed by atoms with Gasteiger partial charge in [0, 0.05) is 13.1 Å². The van der Waals surface area contributed by atoms with Crippen molar-refractivity contribution < 1.29 is 9.53 Å². The molecule has 1 aliphatic heterocycles. The molecule has 0 aliphatic carbocycles. The highest BCUT2D eigenvalue weighted by molar-refractivity contribution is 6.17. The molecule has 1 fully saturated rings. The molecule has 11 heavy (non-hydrogen) atoms. The first-order chi connectivity index (χ1) is 5.34. The van der Waals surface area contributed by atoms with Crippen LogP contribution >= 0.6 is 11.6 Å². The van der Waals surface area contributed by atoms with Crippen molar-refractivity contribution in [3.8, 4) is 0 Å². The highest BCUT2D eigenvalue weighted by atomic mass is 35.5. The average Bonchev–Trinajstić information content (AvgIpc) is 2.07. The van der Waals surface area contributed by atoms with Crippen molar-refractivity contribution in [2.45, 2.75) is 19.3 Å². The summed E-state index contributed by atoms with van der Waals surface area (Å²) < 4.78 is 4.63. The smallest absolute Gasteiger partial charge is 0.410 e. The third kappa shape index (κ3) is 2.58. The van der Waals surface area contributed by atoms with Crippen molar-refractivity contribution >= 4 is 17.7 Å². The normalized spacial score (nSPS) is 18.1. The van der Waals surface area contributed by atoms with Crippen LogP contribution in [0.5, 0.6) is 0 Å². The van der Waals surface area contributed by atoms with E-state index in [-0.39, 0.29) is 12.2 Å². The van der Waals surface area contributed by atoms with Gasteiger partial charge in [-0.25, -0.2) is 4.79 Å². The van der Waals surface area contributed by atoms with Gasteiger partial charge in [0.05, 0.1) is 0 Å². The van der Waals surface area contributed by atoms with Gasteiger partial charge in [-0.1, -0.05) is 11.6 Å². The Bertz CT molecular complexity index is 134. The van der Waals surface area contributed by atoms with Crippen molar-refractivity contribution in [2.75, 3.05) is 19.2 Å². The van der Waals surface area contributed by atoms with E-state index in [9.17, 15) is 4.79 Å². The van der Waals surface area contributed by atoms with Gasteiger partial charge in [0.2, 0.25) is 0 Å². The Morgan fingerprint density at radius 2 is 2.00 bits per heavy atom. The molecule has 0 aromatic carbocycles. The molecule has 0 unspecified atom stereocenters. The van der Waals surface area contributed by atoms with Crippen LogP contribution in [0.4, 0.5) is 4.79 Å². The number of hydrogen-bond donors (Lipinski definition) is 0. The fourth-order valence-electron chi connectivity index (χ4n) is 1.21. The van der Waals surface area contributed by atoms with E-state index in [1.54, 1.807) is 4.90 Å². The van der Waals surface area contributed by atoms with Crippen molar-refractivity contribution in [3.63, 3.8) is 0 Å². The molecule has 3 nitrogen and oxygen atoms in total. The molecule has 0 aromatic rings. The second-order valence-corrected chi connectivity index (χ2v) is 2.79. The summed E-state index contributed by atoms with van der Waals surface area (Å²) in [5.41, 5.74) is 0. The molecule has 0 N–H and O–H groups in total. The van der Waals surface area contributed by atoms with Crippen LogP contribution in [0.25, 0.3) is 0 Å². The molecule has 1 heterocycles. The van der Waals surface area contributed by atoms with Crippen molar-refractivity contribution in [2.24, 2.45) is 0 Å². The molecule has 0 atom stereocenters.